The maximum Gasteiger partial charge on any atom is 0.161 e. The molecule has 162 valence electrons. The fraction of sp³-hybridized carbons (Fsp3) is 0.185. The molecule has 0 aliphatic carbocycles. The first-order valence-corrected chi connectivity index (χ1v) is 9.76. The molecular formula is C27H24O5. The van der Waals surface area contributed by atoms with Crippen molar-refractivity contribution < 1.29 is 23.7 Å². The Labute approximate surface area is 188 Å². The molecule has 0 fully saturated rings. The van der Waals surface area contributed by atoms with Crippen molar-refractivity contribution in [2.45, 2.75) is 0 Å². The summed E-state index contributed by atoms with van der Waals surface area (Å²) in [6.45, 7) is 0. The summed E-state index contributed by atoms with van der Waals surface area (Å²) >= 11 is 0. The Kier molecular flexibility index (Phi) is 7.51. The van der Waals surface area contributed by atoms with E-state index >= 15 is 0 Å². The number of ether oxygens (including phenoxy) is 5. The van der Waals surface area contributed by atoms with Crippen molar-refractivity contribution in [3.63, 3.8) is 0 Å². The van der Waals surface area contributed by atoms with Gasteiger partial charge in [0.15, 0.2) is 11.5 Å². The number of benzene rings is 3. The lowest BCUT2D eigenvalue weighted by Crippen LogP contribution is -1.91. The Morgan fingerprint density at radius 3 is 1.31 bits per heavy atom. The van der Waals surface area contributed by atoms with Gasteiger partial charge < -0.3 is 23.7 Å². The molecule has 3 rings (SSSR count). The highest BCUT2D eigenvalue weighted by atomic mass is 16.5. The standard InChI is InChI=1S/C27H24O5/c1-28-23-13-20(7-6-19-10-11-26(31-4)27(17-19)32-5)12-21(14-23)8-9-22-15-24(29-2)18-25(16-22)30-3/h10-18H,1-5H3. The van der Waals surface area contributed by atoms with Gasteiger partial charge in [-0.3, -0.25) is 0 Å². The van der Waals surface area contributed by atoms with E-state index in [1.165, 1.54) is 0 Å². The second kappa shape index (κ2) is 10.7. The van der Waals surface area contributed by atoms with Crippen molar-refractivity contribution in [1.82, 2.24) is 0 Å². The van der Waals surface area contributed by atoms with E-state index in [1.807, 2.05) is 48.5 Å². The van der Waals surface area contributed by atoms with Crippen LogP contribution in [-0.2, 0) is 0 Å². The van der Waals surface area contributed by atoms with Crippen molar-refractivity contribution in [1.29, 1.82) is 0 Å². The van der Waals surface area contributed by atoms with E-state index in [4.69, 9.17) is 23.7 Å². The Hall–Kier alpha value is -4.22. The van der Waals surface area contributed by atoms with Crippen LogP contribution in [0.3, 0.4) is 0 Å². The maximum atomic E-state index is 5.43. The second-order valence-corrected chi connectivity index (χ2v) is 6.62. The molecule has 0 aliphatic heterocycles. The molecule has 0 aromatic heterocycles. The number of methoxy groups -OCH3 is 5. The average molecular weight is 428 g/mol. The molecule has 0 saturated heterocycles. The largest absolute Gasteiger partial charge is 0.497 e. The van der Waals surface area contributed by atoms with Gasteiger partial charge in [-0.1, -0.05) is 23.7 Å². The van der Waals surface area contributed by atoms with Crippen molar-refractivity contribution in [2.24, 2.45) is 0 Å². The third kappa shape index (κ3) is 5.68. The van der Waals surface area contributed by atoms with Crippen LogP contribution < -0.4 is 23.7 Å². The SMILES string of the molecule is COc1cc(C#Cc2cc(OC)cc(OC)c2)cc(C#Cc2ccc(OC)c(OC)c2)c1. The molecule has 0 atom stereocenters. The minimum absolute atomic E-state index is 0.630. The summed E-state index contributed by atoms with van der Waals surface area (Å²) in [5.41, 5.74) is 3.15. The van der Waals surface area contributed by atoms with Crippen LogP contribution in [0.5, 0.6) is 28.7 Å². The van der Waals surface area contributed by atoms with Crippen LogP contribution in [0.2, 0.25) is 0 Å². The molecule has 3 aromatic rings. The summed E-state index contributed by atoms with van der Waals surface area (Å²) in [5.74, 6) is 16.0. The van der Waals surface area contributed by atoms with Gasteiger partial charge in [0.05, 0.1) is 35.5 Å². The fourth-order valence-electron chi connectivity index (χ4n) is 2.94. The number of hydrogen-bond donors (Lipinski definition) is 0. The smallest absolute Gasteiger partial charge is 0.161 e. The van der Waals surface area contributed by atoms with Crippen LogP contribution >= 0.6 is 0 Å². The van der Waals surface area contributed by atoms with Crippen molar-refractivity contribution >= 4 is 0 Å². The quantitative estimate of drug-likeness (QED) is 0.559. The third-order valence-corrected chi connectivity index (χ3v) is 4.58. The van der Waals surface area contributed by atoms with Crippen molar-refractivity contribution in [3.05, 3.63) is 76.9 Å². The first kappa shape index (κ1) is 22.5. The molecule has 0 radical (unpaired) electrons. The zero-order valence-electron chi connectivity index (χ0n) is 18.7. The number of hydrogen-bond acceptors (Lipinski definition) is 5. The van der Waals surface area contributed by atoms with Crippen molar-refractivity contribution in [3.8, 4) is 52.4 Å². The predicted octanol–water partition coefficient (Wildman–Crippen LogP) is 4.53. The molecule has 0 bridgehead atoms. The highest BCUT2D eigenvalue weighted by molar-refractivity contribution is 5.55. The van der Waals surface area contributed by atoms with E-state index in [-0.39, 0.29) is 0 Å². The van der Waals surface area contributed by atoms with Gasteiger partial charge in [0.2, 0.25) is 0 Å². The maximum absolute atomic E-state index is 5.43. The van der Waals surface area contributed by atoms with Crippen LogP contribution in [0.25, 0.3) is 0 Å². The molecule has 0 N–H and O–H groups in total. The molecule has 0 heterocycles. The topological polar surface area (TPSA) is 46.2 Å². The van der Waals surface area contributed by atoms with E-state index in [1.54, 1.807) is 41.6 Å². The van der Waals surface area contributed by atoms with Gasteiger partial charge in [-0.2, -0.15) is 0 Å². The average Bonchev–Trinajstić information content (AvgIpc) is 2.85. The summed E-state index contributed by atoms with van der Waals surface area (Å²) in [6.07, 6.45) is 0. The Morgan fingerprint density at radius 1 is 0.406 bits per heavy atom. The van der Waals surface area contributed by atoms with Crippen LogP contribution in [-0.4, -0.2) is 35.5 Å². The van der Waals surface area contributed by atoms with Crippen LogP contribution in [0.4, 0.5) is 0 Å². The van der Waals surface area contributed by atoms with Gasteiger partial charge in [0, 0.05) is 28.3 Å². The fourth-order valence-corrected chi connectivity index (χ4v) is 2.94. The summed E-state index contributed by atoms with van der Waals surface area (Å²) in [6, 6.07) is 16.7. The molecule has 3 aromatic carbocycles. The summed E-state index contributed by atoms with van der Waals surface area (Å²) in [7, 11) is 8.03. The van der Waals surface area contributed by atoms with Gasteiger partial charge in [0.25, 0.3) is 0 Å². The van der Waals surface area contributed by atoms with E-state index < -0.39 is 0 Å². The lowest BCUT2D eigenvalue weighted by atomic mass is 10.1. The molecule has 0 spiro atoms. The minimum Gasteiger partial charge on any atom is -0.497 e. The zero-order valence-corrected chi connectivity index (χ0v) is 18.7. The first-order chi connectivity index (χ1) is 15.6. The van der Waals surface area contributed by atoms with E-state index in [0.717, 1.165) is 22.3 Å². The van der Waals surface area contributed by atoms with Crippen LogP contribution in [0.1, 0.15) is 22.3 Å². The van der Waals surface area contributed by atoms with Gasteiger partial charge in [-0.05, 0) is 48.5 Å². The Bertz CT molecular complexity index is 1200. The molecule has 0 aliphatic rings. The lowest BCUT2D eigenvalue weighted by molar-refractivity contribution is 0.355. The summed E-state index contributed by atoms with van der Waals surface area (Å²) in [4.78, 5) is 0. The predicted molar refractivity (Wildman–Crippen MR) is 124 cm³/mol. The molecule has 5 heteroatoms. The molecule has 5 nitrogen and oxygen atoms in total. The van der Waals surface area contributed by atoms with E-state index in [0.29, 0.717) is 28.7 Å². The highest BCUT2D eigenvalue weighted by Crippen LogP contribution is 2.27. The van der Waals surface area contributed by atoms with Crippen molar-refractivity contribution in [2.75, 3.05) is 35.5 Å². The van der Waals surface area contributed by atoms with Gasteiger partial charge in [-0.25, -0.2) is 0 Å². The summed E-state index contributed by atoms with van der Waals surface area (Å²) in [5, 5.41) is 0. The highest BCUT2D eigenvalue weighted by Gasteiger charge is 2.04. The summed E-state index contributed by atoms with van der Waals surface area (Å²) < 4.78 is 26.7. The molecule has 32 heavy (non-hydrogen) atoms. The molecule has 0 amide bonds. The normalized spacial score (nSPS) is 9.53. The monoisotopic (exact) mass is 428 g/mol. The van der Waals surface area contributed by atoms with Gasteiger partial charge >= 0.3 is 0 Å². The Balaban J connectivity index is 1.93. The Morgan fingerprint density at radius 2 is 0.844 bits per heavy atom. The molecular weight excluding hydrogens is 404 g/mol. The molecule has 0 unspecified atom stereocenters. The van der Waals surface area contributed by atoms with Gasteiger partial charge in [0.1, 0.15) is 17.2 Å². The third-order valence-electron chi connectivity index (χ3n) is 4.58. The van der Waals surface area contributed by atoms with Crippen LogP contribution in [0.15, 0.2) is 54.6 Å². The lowest BCUT2D eigenvalue weighted by Gasteiger charge is -2.06. The minimum atomic E-state index is 0.630. The second-order valence-electron chi connectivity index (χ2n) is 6.62. The van der Waals surface area contributed by atoms with E-state index in [9.17, 15) is 0 Å². The van der Waals surface area contributed by atoms with Gasteiger partial charge in [-0.15, -0.1) is 0 Å². The number of rotatable bonds is 5. The first-order valence-electron chi connectivity index (χ1n) is 9.76. The van der Waals surface area contributed by atoms with Crippen LogP contribution in [0, 0.1) is 23.7 Å². The molecule has 0 saturated carbocycles. The van der Waals surface area contributed by atoms with E-state index in [2.05, 4.69) is 23.7 Å². The zero-order chi connectivity index (χ0) is 22.9.